The van der Waals surface area contributed by atoms with E-state index in [9.17, 15) is 8.42 Å². The SMILES string of the molecule is CCNc1ncc(S(=O)(=O)NCCCN(C)C)cc1Cl. The van der Waals surface area contributed by atoms with Crippen molar-refractivity contribution in [3.63, 3.8) is 0 Å². The molecule has 0 spiro atoms. The van der Waals surface area contributed by atoms with Gasteiger partial charge in [0.05, 0.1) is 5.02 Å². The first-order valence-corrected chi connectivity index (χ1v) is 8.26. The van der Waals surface area contributed by atoms with E-state index in [1.165, 1.54) is 12.3 Å². The first kappa shape index (κ1) is 17.2. The smallest absolute Gasteiger partial charge is 0.242 e. The average molecular weight is 321 g/mol. The second-order valence-electron chi connectivity index (χ2n) is 4.59. The topological polar surface area (TPSA) is 74.3 Å². The van der Waals surface area contributed by atoms with E-state index in [1.807, 2.05) is 25.9 Å². The lowest BCUT2D eigenvalue weighted by Crippen LogP contribution is -2.27. The molecule has 0 fully saturated rings. The van der Waals surface area contributed by atoms with Crippen LogP contribution in [0.3, 0.4) is 0 Å². The van der Waals surface area contributed by atoms with Gasteiger partial charge < -0.3 is 10.2 Å². The van der Waals surface area contributed by atoms with Crippen LogP contribution >= 0.6 is 11.6 Å². The van der Waals surface area contributed by atoms with E-state index in [0.29, 0.717) is 23.9 Å². The Morgan fingerprint density at radius 1 is 1.40 bits per heavy atom. The van der Waals surface area contributed by atoms with Crippen molar-refractivity contribution in [2.75, 3.05) is 39.0 Å². The van der Waals surface area contributed by atoms with Gasteiger partial charge in [-0.25, -0.2) is 18.1 Å². The molecule has 114 valence electrons. The molecule has 1 rings (SSSR count). The molecule has 8 heteroatoms. The van der Waals surface area contributed by atoms with Crippen LogP contribution in [0.25, 0.3) is 0 Å². The largest absolute Gasteiger partial charge is 0.369 e. The highest BCUT2D eigenvalue weighted by Gasteiger charge is 2.15. The number of anilines is 1. The van der Waals surface area contributed by atoms with E-state index in [1.54, 1.807) is 0 Å². The molecule has 0 amide bonds. The minimum absolute atomic E-state index is 0.0778. The molecule has 0 radical (unpaired) electrons. The van der Waals surface area contributed by atoms with Crippen LogP contribution in [0.15, 0.2) is 17.2 Å². The maximum absolute atomic E-state index is 12.1. The molecule has 0 saturated heterocycles. The number of nitrogens with zero attached hydrogens (tertiary/aromatic N) is 2. The second kappa shape index (κ2) is 7.78. The third-order valence-corrected chi connectivity index (χ3v) is 4.26. The van der Waals surface area contributed by atoms with Crippen molar-refractivity contribution < 1.29 is 8.42 Å². The van der Waals surface area contributed by atoms with Gasteiger partial charge >= 0.3 is 0 Å². The summed E-state index contributed by atoms with van der Waals surface area (Å²) in [5, 5.41) is 3.25. The van der Waals surface area contributed by atoms with E-state index in [-0.39, 0.29) is 4.90 Å². The fourth-order valence-corrected chi connectivity index (χ4v) is 2.89. The monoisotopic (exact) mass is 320 g/mol. The Hall–Kier alpha value is -0.890. The quantitative estimate of drug-likeness (QED) is 0.708. The summed E-state index contributed by atoms with van der Waals surface area (Å²) in [4.78, 5) is 6.10. The number of hydrogen-bond acceptors (Lipinski definition) is 5. The van der Waals surface area contributed by atoms with Gasteiger partial charge in [0.25, 0.3) is 0 Å². The molecule has 2 N–H and O–H groups in total. The van der Waals surface area contributed by atoms with Gasteiger partial charge in [0.1, 0.15) is 10.7 Å². The predicted octanol–water partition coefficient (Wildman–Crippen LogP) is 1.40. The molecule has 0 saturated carbocycles. The zero-order valence-electron chi connectivity index (χ0n) is 12.0. The van der Waals surface area contributed by atoms with Crippen LogP contribution in [0.4, 0.5) is 5.82 Å². The number of rotatable bonds is 8. The van der Waals surface area contributed by atoms with Crippen molar-refractivity contribution in [1.82, 2.24) is 14.6 Å². The van der Waals surface area contributed by atoms with Crippen LogP contribution in [0, 0.1) is 0 Å². The molecule has 20 heavy (non-hydrogen) atoms. The lowest BCUT2D eigenvalue weighted by Gasteiger charge is -2.11. The van der Waals surface area contributed by atoms with Gasteiger partial charge in [-0.1, -0.05) is 11.6 Å². The summed E-state index contributed by atoms with van der Waals surface area (Å²) < 4.78 is 26.6. The van der Waals surface area contributed by atoms with Gasteiger partial charge in [0, 0.05) is 19.3 Å². The van der Waals surface area contributed by atoms with Gasteiger partial charge in [-0.2, -0.15) is 0 Å². The molecular formula is C12H21ClN4O2S. The van der Waals surface area contributed by atoms with Gasteiger partial charge in [0.15, 0.2) is 0 Å². The normalized spacial score (nSPS) is 11.8. The number of halogens is 1. The summed E-state index contributed by atoms with van der Waals surface area (Å²) in [5.74, 6) is 0.487. The molecule has 0 aliphatic rings. The Kier molecular flexibility index (Phi) is 6.67. The fourth-order valence-electron chi connectivity index (χ4n) is 1.55. The van der Waals surface area contributed by atoms with Crippen LogP contribution in [0.2, 0.25) is 5.02 Å². The Bertz CT molecular complexity index is 534. The first-order valence-electron chi connectivity index (χ1n) is 6.40. The summed E-state index contributed by atoms with van der Waals surface area (Å²) in [5.41, 5.74) is 0. The molecule has 1 aromatic heterocycles. The number of hydrogen-bond donors (Lipinski definition) is 2. The van der Waals surface area contributed by atoms with Crippen molar-refractivity contribution in [3.8, 4) is 0 Å². The molecule has 1 aromatic rings. The van der Waals surface area contributed by atoms with Crippen LogP contribution < -0.4 is 10.0 Å². The highest BCUT2D eigenvalue weighted by atomic mass is 35.5. The third-order valence-electron chi connectivity index (χ3n) is 2.54. The van der Waals surface area contributed by atoms with Gasteiger partial charge in [0.2, 0.25) is 10.0 Å². The summed E-state index contributed by atoms with van der Waals surface area (Å²) in [6.45, 7) is 3.78. The van der Waals surface area contributed by atoms with Crippen molar-refractivity contribution in [1.29, 1.82) is 0 Å². The van der Waals surface area contributed by atoms with Crippen LogP contribution in [-0.4, -0.2) is 52.0 Å². The molecule has 0 aliphatic heterocycles. The zero-order valence-corrected chi connectivity index (χ0v) is 13.6. The zero-order chi connectivity index (χ0) is 15.2. The number of aromatic nitrogens is 1. The Labute approximate surface area is 125 Å². The van der Waals surface area contributed by atoms with Crippen LogP contribution in [0.1, 0.15) is 13.3 Å². The molecule has 0 atom stereocenters. The van der Waals surface area contributed by atoms with Gasteiger partial charge in [-0.3, -0.25) is 0 Å². The fraction of sp³-hybridized carbons (Fsp3) is 0.583. The minimum Gasteiger partial charge on any atom is -0.369 e. The van der Waals surface area contributed by atoms with Crippen molar-refractivity contribution in [3.05, 3.63) is 17.3 Å². The van der Waals surface area contributed by atoms with Crippen molar-refractivity contribution in [2.45, 2.75) is 18.2 Å². The lowest BCUT2D eigenvalue weighted by molar-refractivity contribution is 0.400. The van der Waals surface area contributed by atoms with Gasteiger partial charge in [-0.15, -0.1) is 0 Å². The number of pyridine rings is 1. The third kappa shape index (κ3) is 5.24. The summed E-state index contributed by atoms with van der Waals surface area (Å²) in [6.07, 6.45) is 2.04. The average Bonchev–Trinajstić information content (AvgIpc) is 2.37. The van der Waals surface area contributed by atoms with E-state index < -0.39 is 10.0 Å². The van der Waals surface area contributed by atoms with E-state index >= 15 is 0 Å². The molecule has 0 unspecified atom stereocenters. The summed E-state index contributed by atoms with van der Waals surface area (Å²) in [6, 6.07) is 1.40. The molecule has 0 aromatic carbocycles. The standard InChI is InChI=1S/C12H21ClN4O2S/c1-4-14-12-11(13)8-10(9-15-12)20(18,19)16-6-5-7-17(2)3/h8-9,16H,4-7H2,1-3H3,(H,14,15). The van der Waals surface area contributed by atoms with Gasteiger partial charge in [-0.05, 0) is 40.1 Å². The maximum Gasteiger partial charge on any atom is 0.242 e. The van der Waals surface area contributed by atoms with E-state index in [4.69, 9.17) is 11.6 Å². The first-order chi connectivity index (χ1) is 9.36. The van der Waals surface area contributed by atoms with Crippen LogP contribution in [0.5, 0.6) is 0 Å². The second-order valence-corrected chi connectivity index (χ2v) is 6.76. The number of sulfonamides is 1. The lowest BCUT2D eigenvalue weighted by atomic mass is 10.4. The van der Waals surface area contributed by atoms with Crippen LogP contribution in [-0.2, 0) is 10.0 Å². The Morgan fingerprint density at radius 2 is 2.10 bits per heavy atom. The predicted molar refractivity (Wildman–Crippen MR) is 81.8 cm³/mol. The molecule has 0 bridgehead atoms. The number of nitrogens with one attached hydrogen (secondary N) is 2. The van der Waals surface area contributed by atoms with Crippen molar-refractivity contribution in [2.24, 2.45) is 0 Å². The highest BCUT2D eigenvalue weighted by Crippen LogP contribution is 2.22. The molecule has 6 nitrogen and oxygen atoms in total. The minimum atomic E-state index is -3.56. The van der Waals surface area contributed by atoms with E-state index in [0.717, 1.165) is 13.0 Å². The summed E-state index contributed by atoms with van der Waals surface area (Å²) in [7, 11) is 0.329. The molecule has 1 heterocycles. The molecule has 0 aliphatic carbocycles. The van der Waals surface area contributed by atoms with E-state index in [2.05, 4.69) is 15.0 Å². The maximum atomic E-state index is 12.1. The van der Waals surface area contributed by atoms with Crippen molar-refractivity contribution >= 4 is 27.4 Å². The highest BCUT2D eigenvalue weighted by molar-refractivity contribution is 7.89. The summed E-state index contributed by atoms with van der Waals surface area (Å²) >= 11 is 5.99. The Balaban J connectivity index is 2.70. The Morgan fingerprint density at radius 3 is 2.65 bits per heavy atom. The molecular weight excluding hydrogens is 300 g/mol.